The molecule has 1 heterocycles. The van der Waals surface area contributed by atoms with E-state index in [1.54, 1.807) is 29.2 Å². The van der Waals surface area contributed by atoms with Crippen LogP contribution in [0.25, 0.3) is 10.8 Å². The smallest absolute Gasteiger partial charge is 0.410 e. The average Bonchev–Trinajstić information content (AvgIpc) is 3.28. The fourth-order valence-electron chi connectivity index (χ4n) is 9.74. The van der Waals surface area contributed by atoms with Crippen molar-refractivity contribution in [3.8, 4) is 17.2 Å². The van der Waals surface area contributed by atoms with Crippen molar-refractivity contribution in [2.45, 2.75) is 69.2 Å². The summed E-state index contributed by atoms with van der Waals surface area (Å²) < 4.78 is 26.6. The van der Waals surface area contributed by atoms with Crippen molar-refractivity contribution in [1.82, 2.24) is 4.90 Å². The van der Waals surface area contributed by atoms with Crippen molar-refractivity contribution >= 4 is 39.9 Å². The molecule has 0 bridgehead atoms. The van der Waals surface area contributed by atoms with Crippen LogP contribution in [-0.4, -0.2) is 83.1 Å². The van der Waals surface area contributed by atoms with E-state index < -0.39 is 28.8 Å². The lowest BCUT2D eigenvalue weighted by Gasteiger charge is -2.59. The van der Waals surface area contributed by atoms with E-state index in [4.69, 9.17) is 35.4 Å². The molecule has 62 heavy (non-hydrogen) atoms. The molecule has 13 nitrogen and oxygen atoms in total. The molecule has 1 fully saturated rings. The number of aliphatic hydroxyl groups is 2. The SMILES string of the molecule is C=CCOC12Oc3ccc(Oc4cccc([N+](=O)[O-])c4)cc3C3C(CCCCO)C(CCCCO)C=C(C(=NOC)CC1N(Cc1cccc4ccccc14)C(=O)OCCCl)C32. The number of alkyl halides is 1. The third-order valence-electron chi connectivity index (χ3n) is 12.2. The van der Waals surface area contributed by atoms with Gasteiger partial charge < -0.3 is 34.0 Å². The Morgan fingerprint density at radius 1 is 1.02 bits per heavy atom. The van der Waals surface area contributed by atoms with Crippen LogP contribution in [0.1, 0.15) is 62.0 Å². The summed E-state index contributed by atoms with van der Waals surface area (Å²) in [5.41, 5.74) is 3.14. The first-order chi connectivity index (χ1) is 30.3. The number of hydrogen-bond donors (Lipinski definition) is 2. The minimum atomic E-state index is -1.53. The summed E-state index contributed by atoms with van der Waals surface area (Å²) in [5, 5.41) is 38.1. The van der Waals surface area contributed by atoms with Gasteiger partial charge in [0.25, 0.3) is 5.69 Å². The van der Waals surface area contributed by atoms with Gasteiger partial charge in [-0.25, -0.2) is 4.79 Å². The van der Waals surface area contributed by atoms with Gasteiger partial charge >= 0.3 is 6.09 Å². The van der Waals surface area contributed by atoms with Gasteiger partial charge in [-0.3, -0.25) is 15.0 Å². The van der Waals surface area contributed by atoms with E-state index in [-0.39, 0.29) is 68.7 Å². The van der Waals surface area contributed by atoms with Crippen LogP contribution in [-0.2, 0) is 20.9 Å². The van der Waals surface area contributed by atoms with E-state index in [1.807, 2.05) is 54.6 Å². The summed E-state index contributed by atoms with van der Waals surface area (Å²) in [6.07, 6.45) is 7.79. The Balaban J connectivity index is 1.45. The van der Waals surface area contributed by atoms with Gasteiger partial charge in [0.2, 0.25) is 5.79 Å². The summed E-state index contributed by atoms with van der Waals surface area (Å²) in [4.78, 5) is 33.1. The highest BCUT2D eigenvalue weighted by Gasteiger charge is 2.65. The number of hydrogen-bond acceptors (Lipinski definition) is 11. The summed E-state index contributed by atoms with van der Waals surface area (Å²) in [6, 6.07) is 24.7. The highest BCUT2D eigenvalue weighted by Crippen LogP contribution is 2.62. The zero-order chi connectivity index (χ0) is 43.6. The average molecular weight is 868 g/mol. The zero-order valence-electron chi connectivity index (χ0n) is 34.9. The van der Waals surface area contributed by atoms with Crippen LogP contribution in [0.3, 0.4) is 0 Å². The molecule has 6 unspecified atom stereocenters. The second kappa shape index (κ2) is 20.6. The molecule has 0 aromatic heterocycles. The van der Waals surface area contributed by atoms with Crippen molar-refractivity contribution in [3.63, 3.8) is 0 Å². The first-order valence-corrected chi connectivity index (χ1v) is 21.8. The number of nitro benzene ring substituents is 1. The topological polar surface area (TPSA) is 162 Å². The molecular formula is C48H54ClN3O10. The molecule has 0 radical (unpaired) electrons. The highest BCUT2D eigenvalue weighted by molar-refractivity contribution is 6.18. The van der Waals surface area contributed by atoms with Crippen LogP contribution >= 0.6 is 11.6 Å². The summed E-state index contributed by atoms with van der Waals surface area (Å²) in [7, 11) is 1.50. The van der Waals surface area contributed by atoms with E-state index in [0.29, 0.717) is 35.8 Å². The number of oxime groups is 1. The molecule has 0 spiro atoms. The molecule has 0 saturated heterocycles. The second-order valence-corrected chi connectivity index (χ2v) is 16.3. The molecule has 7 rings (SSSR count). The Bertz CT molecular complexity index is 2280. The summed E-state index contributed by atoms with van der Waals surface area (Å²) in [5.74, 6) is -1.05. The van der Waals surface area contributed by atoms with Gasteiger partial charge in [0.1, 0.15) is 37.0 Å². The van der Waals surface area contributed by atoms with Crippen LogP contribution in [0, 0.1) is 27.9 Å². The molecule has 1 aliphatic heterocycles. The number of ether oxygens (including phenoxy) is 4. The molecule has 4 aromatic carbocycles. The first kappa shape index (κ1) is 44.6. The fraction of sp³-hybridized carbons (Fsp3) is 0.417. The highest BCUT2D eigenvalue weighted by atomic mass is 35.5. The van der Waals surface area contributed by atoms with E-state index in [1.165, 1.54) is 19.2 Å². The van der Waals surface area contributed by atoms with Gasteiger partial charge in [-0.05, 0) is 83.7 Å². The normalized spacial score (nSPS) is 23.1. The number of nitrogens with zero attached hydrogens (tertiary/aromatic N) is 3. The first-order valence-electron chi connectivity index (χ1n) is 21.3. The van der Waals surface area contributed by atoms with Crippen molar-refractivity contribution in [2.75, 3.05) is 39.4 Å². The number of amides is 1. The number of carbonyl (C=O) groups is 1. The Morgan fingerprint density at radius 3 is 2.53 bits per heavy atom. The molecule has 4 aromatic rings. The van der Waals surface area contributed by atoms with Gasteiger partial charge in [-0.1, -0.05) is 78.7 Å². The summed E-state index contributed by atoms with van der Waals surface area (Å²) in [6.45, 7) is 4.34. The van der Waals surface area contributed by atoms with Crippen molar-refractivity contribution in [3.05, 3.63) is 130 Å². The molecule has 1 amide bonds. The number of fused-ring (bicyclic) bond motifs is 3. The molecule has 3 aliphatic rings. The maximum Gasteiger partial charge on any atom is 0.410 e. The number of benzene rings is 4. The Labute approximate surface area is 366 Å². The maximum atomic E-state index is 14.6. The fourth-order valence-corrected chi connectivity index (χ4v) is 9.82. The lowest BCUT2D eigenvalue weighted by Crippen LogP contribution is -2.70. The second-order valence-electron chi connectivity index (χ2n) is 15.9. The Kier molecular flexibility index (Phi) is 14.8. The van der Waals surface area contributed by atoms with Gasteiger partial charge in [0, 0.05) is 37.2 Å². The monoisotopic (exact) mass is 867 g/mol. The minimum Gasteiger partial charge on any atom is -0.459 e. The molecule has 6 atom stereocenters. The standard InChI is InChI=1S/C48H54ClN3O10/c1-3-25-60-48-44(51(47(55)59-26-22-49)31-34-15-10-14-32-12-4-5-18-38(32)34)30-42(50-58-2)40-27-33(13-6-8-23-53)39(19-7-9-24-54)45(46(40)48)41-29-37(20-21-43(41)62-48)61-36-17-11-16-35(28-36)52(56)57/h3-5,10-12,14-18,20-21,27-29,33,39,44-46,53-54H,1,6-9,13,19,22-26,30-31H2,2H3. The van der Waals surface area contributed by atoms with Gasteiger partial charge in [0.05, 0.1) is 41.7 Å². The van der Waals surface area contributed by atoms with Crippen LogP contribution in [0.2, 0.25) is 0 Å². The molecule has 328 valence electrons. The molecule has 1 saturated carbocycles. The lowest BCUT2D eigenvalue weighted by molar-refractivity contribution is -0.384. The largest absolute Gasteiger partial charge is 0.459 e. The van der Waals surface area contributed by atoms with Crippen LogP contribution < -0.4 is 9.47 Å². The predicted molar refractivity (Wildman–Crippen MR) is 237 cm³/mol. The number of carbonyl (C=O) groups excluding carboxylic acids is 1. The van der Waals surface area contributed by atoms with Gasteiger partial charge in [-0.2, -0.15) is 0 Å². The number of halogens is 1. The van der Waals surface area contributed by atoms with E-state index in [9.17, 15) is 25.1 Å². The van der Waals surface area contributed by atoms with Crippen molar-refractivity contribution < 1.29 is 43.7 Å². The van der Waals surface area contributed by atoms with Crippen LogP contribution in [0.15, 0.2) is 114 Å². The summed E-state index contributed by atoms with van der Waals surface area (Å²) >= 11 is 6.11. The minimum absolute atomic E-state index is 0.0139. The quantitative estimate of drug-likeness (QED) is 0.0288. The predicted octanol–water partition coefficient (Wildman–Crippen LogP) is 9.68. The zero-order valence-corrected chi connectivity index (χ0v) is 35.7. The number of unbranched alkanes of at least 4 members (excludes halogenated alkanes) is 2. The Morgan fingerprint density at radius 2 is 1.77 bits per heavy atom. The molecule has 2 aliphatic carbocycles. The molecular weight excluding hydrogens is 814 g/mol. The van der Waals surface area contributed by atoms with Crippen LogP contribution in [0.4, 0.5) is 10.5 Å². The number of rotatable bonds is 20. The van der Waals surface area contributed by atoms with E-state index in [0.717, 1.165) is 53.2 Å². The third-order valence-corrected chi connectivity index (χ3v) is 12.4. The van der Waals surface area contributed by atoms with Crippen LogP contribution in [0.5, 0.6) is 17.2 Å². The van der Waals surface area contributed by atoms with E-state index in [2.05, 4.69) is 17.8 Å². The van der Waals surface area contributed by atoms with Crippen molar-refractivity contribution in [1.29, 1.82) is 0 Å². The van der Waals surface area contributed by atoms with Gasteiger partial charge in [0.15, 0.2) is 0 Å². The molecule has 14 heteroatoms. The lowest BCUT2D eigenvalue weighted by atomic mass is 9.55. The van der Waals surface area contributed by atoms with Gasteiger partial charge in [-0.15, -0.1) is 18.2 Å². The maximum absolute atomic E-state index is 14.6. The number of aliphatic hydroxyl groups excluding tert-OH is 2. The number of nitro groups is 1. The number of non-ortho nitro benzene ring substituents is 1. The van der Waals surface area contributed by atoms with E-state index >= 15 is 0 Å². The number of allylic oxidation sites excluding steroid dienone is 1. The Hall–Kier alpha value is -5.47. The molecule has 2 N–H and O–H groups in total. The third kappa shape index (κ3) is 9.31. The van der Waals surface area contributed by atoms with Crippen molar-refractivity contribution in [2.24, 2.45) is 22.9 Å².